The molecule has 0 aromatic heterocycles. The Hall–Kier alpha value is -2.11. The van der Waals surface area contributed by atoms with Crippen molar-refractivity contribution in [3.05, 3.63) is 87.4 Å². The Kier molecular flexibility index (Phi) is 10.3. The normalized spacial score (nSPS) is 10.3. The monoisotopic (exact) mass is 481 g/mol. The summed E-state index contributed by atoms with van der Waals surface area (Å²) in [5, 5.41) is 4.63. The number of nitrogens with one attached hydrogen (secondary N) is 1. The maximum atomic E-state index is 6.24. The third-order valence-electron chi connectivity index (χ3n) is 4.52. The third kappa shape index (κ3) is 7.51. The van der Waals surface area contributed by atoms with E-state index in [1.54, 1.807) is 19.2 Å². The van der Waals surface area contributed by atoms with E-state index in [1.807, 2.05) is 43.3 Å². The van der Waals surface area contributed by atoms with E-state index in [2.05, 4.69) is 17.4 Å². The highest BCUT2D eigenvalue weighted by Crippen LogP contribution is 2.30. The van der Waals surface area contributed by atoms with Gasteiger partial charge in [-0.05, 0) is 54.4 Å². The minimum Gasteiger partial charge on any atom is -0.497 e. The summed E-state index contributed by atoms with van der Waals surface area (Å²) in [7, 11) is 1.67. The van der Waals surface area contributed by atoms with Crippen LogP contribution in [-0.4, -0.2) is 13.7 Å². The zero-order valence-corrected chi connectivity index (χ0v) is 19.8. The summed E-state index contributed by atoms with van der Waals surface area (Å²) in [5.74, 6) is 2.25. The van der Waals surface area contributed by atoms with Crippen LogP contribution in [0.3, 0.4) is 0 Å². The van der Waals surface area contributed by atoms with E-state index in [1.165, 1.54) is 5.56 Å². The van der Waals surface area contributed by atoms with Gasteiger partial charge in [-0.1, -0.05) is 47.5 Å². The average Bonchev–Trinajstić information content (AvgIpc) is 2.75. The summed E-state index contributed by atoms with van der Waals surface area (Å²) in [6, 6.07) is 19.4. The fraction of sp³-hybridized carbons (Fsp3) is 0.250. The smallest absolute Gasteiger partial charge is 0.161 e. The van der Waals surface area contributed by atoms with Gasteiger partial charge in [0.1, 0.15) is 12.4 Å². The SMILES string of the molecule is CCOc1cc(CNCc2ccc(OC)cc2)ccc1OCc1ccc(Cl)cc1Cl.Cl. The van der Waals surface area contributed by atoms with Gasteiger partial charge in [0.05, 0.1) is 13.7 Å². The van der Waals surface area contributed by atoms with Crippen molar-refractivity contribution >= 4 is 35.6 Å². The van der Waals surface area contributed by atoms with E-state index in [4.69, 9.17) is 37.4 Å². The molecule has 4 nitrogen and oxygen atoms in total. The van der Waals surface area contributed by atoms with E-state index in [-0.39, 0.29) is 12.4 Å². The molecule has 0 heterocycles. The molecule has 0 atom stereocenters. The molecule has 3 aromatic rings. The van der Waals surface area contributed by atoms with Crippen molar-refractivity contribution in [3.8, 4) is 17.2 Å². The second kappa shape index (κ2) is 12.7. The average molecular weight is 483 g/mol. The summed E-state index contributed by atoms with van der Waals surface area (Å²) in [6.45, 7) is 4.33. The first-order chi connectivity index (χ1) is 14.6. The Morgan fingerprint density at radius 2 is 1.52 bits per heavy atom. The number of ether oxygens (including phenoxy) is 3. The van der Waals surface area contributed by atoms with Crippen molar-refractivity contribution in [1.82, 2.24) is 5.32 Å². The van der Waals surface area contributed by atoms with Crippen molar-refractivity contribution in [2.75, 3.05) is 13.7 Å². The number of benzene rings is 3. The van der Waals surface area contributed by atoms with Crippen molar-refractivity contribution in [2.24, 2.45) is 0 Å². The molecule has 3 aromatic carbocycles. The molecule has 0 aliphatic carbocycles. The highest BCUT2D eigenvalue weighted by Gasteiger charge is 2.09. The minimum absolute atomic E-state index is 0. The van der Waals surface area contributed by atoms with Crippen LogP contribution in [0.25, 0.3) is 0 Å². The first-order valence-electron chi connectivity index (χ1n) is 9.75. The van der Waals surface area contributed by atoms with E-state index in [0.29, 0.717) is 34.8 Å². The van der Waals surface area contributed by atoms with Gasteiger partial charge in [0.2, 0.25) is 0 Å². The molecule has 0 bridgehead atoms. The van der Waals surface area contributed by atoms with Gasteiger partial charge >= 0.3 is 0 Å². The Morgan fingerprint density at radius 1 is 0.806 bits per heavy atom. The molecule has 31 heavy (non-hydrogen) atoms. The predicted molar refractivity (Wildman–Crippen MR) is 129 cm³/mol. The number of halogens is 3. The summed E-state index contributed by atoms with van der Waals surface area (Å²) in [4.78, 5) is 0. The summed E-state index contributed by atoms with van der Waals surface area (Å²) in [6.07, 6.45) is 0. The molecule has 1 N–H and O–H groups in total. The molecular weight excluding hydrogens is 457 g/mol. The second-order valence-electron chi connectivity index (χ2n) is 6.69. The first kappa shape index (κ1) is 25.2. The van der Waals surface area contributed by atoms with E-state index in [9.17, 15) is 0 Å². The van der Waals surface area contributed by atoms with Crippen molar-refractivity contribution < 1.29 is 14.2 Å². The lowest BCUT2D eigenvalue weighted by Crippen LogP contribution is -2.13. The number of rotatable bonds is 10. The Balaban J connectivity index is 0.00000341. The molecule has 166 valence electrons. The van der Waals surface area contributed by atoms with Crippen LogP contribution in [-0.2, 0) is 19.7 Å². The van der Waals surface area contributed by atoms with Crippen LogP contribution in [0.1, 0.15) is 23.6 Å². The molecule has 0 fully saturated rings. The van der Waals surface area contributed by atoms with E-state index in [0.717, 1.165) is 30.0 Å². The summed E-state index contributed by atoms with van der Waals surface area (Å²) in [5.41, 5.74) is 3.18. The molecular formula is C24H26Cl3NO3. The Morgan fingerprint density at radius 3 is 2.19 bits per heavy atom. The van der Waals surface area contributed by atoms with Gasteiger partial charge in [-0.25, -0.2) is 0 Å². The molecule has 0 aliphatic heterocycles. The lowest BCUT2D eigenvalue weighted by Gasteiger charge is -2.14. The van der Waals surface area contributed by atoms with E-state index >= 15 is 0 Å². The molecule has 0 spiro atoms. The summed E-state index contributed by atoms with van der Waals surface area (Å²) >= 11 is 12.2. The van der Waals surface area contributed by atoms with Crippen LogP contribution in [0.15, 0.2) is 60.7 Å². The largest absolute Gasteiger partial charge is 0.497 e. The topological polar surface area (TPSA) is 39.7 Å². The van der Waals surface area contributed by atoms with Gasteiger partial charge in [0.15, 0.2) is 11.5 Å². The maximum absolute atomic E-state index is 6.24. The lowest BCUT2D eigenvalue weighted by atomic mass is 10.1. The fourth-order valence-electron chi connectivity index (χ4n) is 2.94. The number of hydrogen-bond acceptors (Lipinski definition) is 4. The van der Waals surface area contributed by atoms with Gasteiger partial charge in [-0.3, -0.25) is 0 Å². The molecule has 0 amide bonds. The van der Waals surface area contributed by atoms with Crippen molar-refractivity contribution in [3.63, 3.8) is 0 Å². The minimum atomic E-state index is 0. The van der Waals surface area contributed by atoms with Crippen LogP contribution in [0.5, 0.6) is 17.2 Å². The first-order valence-corrected chi connectivity index (χ1v) is 10.5. The van der Waals surface area contributed by atoms with Gasteiger partial charge < -0.3 is 19.5 Å². The molecule has 0 saturated heterocycles. The second-order valence-corrected chi connectivity index (χ2v) is 7.53. The van der Waals surface area contributed by atoms with Crippen LogP contribution in [0.2, 0.25) is 10.0 Å². The standard InChI is InChI=1S/C24H25Cl2NO3.ClH/c1-3-29-24-12-18(15-27-14-17-4-9-21(28-2)10-5-17)6-11-23(24)30-16-19-7-8-20(25)13-22(19)26;/h4-13,27H,3,14-16H2,1-2H3;1H. The number of methoxy groups -OCH3 is 1. The quantitative estimate of drug-likeness (QED) is 0.349. The van der Waals surface area contributed by atoms with Crippen LogP contribution < -0.4 is 19.5 Å². The van der Waals surface area contributed by atoms with Gasteiger partial charge in [0, 0.05) is 28.7 Å². The highest BCUT2D eigenvalue weighted by atomic mass is 35.5. The van der Waals surface area contributed by atoms with Crippen molar-refractivity contribution in [2.45, 2.75) is 26.6 Å². The van der Waals surface area contributed by atoms with Crippen LogP contribution in [0, 0.1) is 0 Å². The molecule has 0 unspecified atom stereocenters. The lowest BCUT2D eigenvalue weighted by molar-refractivity contribution is 0.269. The van der Waals surface area contributed by atoms with Crippen LogP contribution in [0.4, 0.5) is 0 Å². The van der Waals surface area contributed by atoms with Gasteiger partial charge in [-0.2, -0.15) is 0 Å². The molecule has 3 rings (SSSR count). The zero-order chi connectivity index (χ0) is 21.3. The Labute approximate surface area is 199 Å². The molecule has 0 aliphatic rings. The number of hydrogen-bond donors (Lipinski definition) is 1. The summed E-state index contributed by atoms with van der Waals surface area (Å²) < 4.78 is 16.9. The third-order valence-corrected chi connectivity index (χ3v) is 5.11. The maximum Gasteiger partial charge on any atom is 0.161 e. The Bertz CT molecular complexity index is 965. The molecule has 0 radical (unpaired) electrons. The predicted octanol–water partition coefficient (Wildman–Crippen LogP) is 6.69. The van der Waals surface area contributed by atoms with Crippen molar-refractivity contribution in [1.29, 1.82) is 0 Å². The molecule has 7 heteroatoms. The fourth-order valence-corrected chi connectivity index (χ4v) is 3.40. The molecule has 0 saturated carbocycles. The zero-order valence-electron chi connectivity index (χ0n) is 17.5. The van der Waals surface area contributed by atoms with Crippen LogP contribution >= 0.6 is 35.6 Å². The van der Waals surface area contributed by atoms with Gasteiger partial charge in [-0.15, -0.1) is 12.4 Å². The van der Waals surface area contributed by atoms with Gasteiger partial charge in [0.25, 0.3) is 0 Å². The van der Waals surface area contributed by atoms with E-state index < -0.39 is 0 Å². The highest BCUT2D eigenvalue weighted by molar-refractivity contribution is 6.35.